The van der Waals surface area contributed by atoms with Crippen LogP contribution in [0.15, 0.2) is 48.5 Å². The number of piperidine rings is 1. The van der Waals surface area contributed by atoms with Crippen molar-refractivity contribution < 1.29 is 23.0 Å². The molecule has 3 aromatic rings. The summed E-state index contributed by atoms with van der Waals surface area (Å²) in [4.78, 5) is 12.6. The van der Waals surface area contributed by atoms with E-state index in [1.54, 1.807) is 56.7 Å². The zero-order valence-corrected chi connectivity index (χ0v) is 20.8. The van der Waals surface area contributed by atoms with Crippen molar-refractivity contribution in [2.45, 2.75) is 43.8 Å². The van der Waals surface area contributed by atoms with E-state index in [-0.39, 0.29) is 24.4 Å². The number of ether oxygens (including phenoxy) is 2. The number of aromatic nitrogens is 2. The van der Waals surface area contributed by atoms with Gasteiger partial charge in [-0.2, -0.15) is 5.10 Å². The summed E-state index contributed by atoms with van der Waals surface area (Å²) < 4.78 is 40.3. The number of hydrogen-bond donors (Lipinski definition) is 3. The van der Waals surface area contributed by atoms with Crippen molar-refractivity contribution in [1.29, 1.82) is 0 Å². The molecular weight excluding hydrogens is 480 g/mol. The predicted octanol–water partition coefficient (Wildman–Crippen LogP) is 4.41. The molecule has 3 N–H and O–H groups in total. The lowest BCUT2D eigenvalue weighted by Gasteiger charge is -2.32. The van der Waals surface area contributed by atoms with Gasteiger partial charge in [-0.25, -0.2) is 13.5 Å². The summed E-state index contributed by atoms with van der Waals surface area (Å²) in [5.41, 5.74) is 2.68. The lowest BCUT2D eigenvalue weighted by atomic mass is 9.97. The van der Waals surface area contributed by atoms with E-state index in [2.05, 4.69) is 21.0 Å². The lowest BCUT2D eigenvalue weighted by molar-refractivity contribution is 0.0659. The number of amides is 1. The van der Waals surface area contributed by atoms with Crippen LogP contribution in [0.2, 0.25) is 0 Å². The van der Waals surface area contributed by atoms with E-state index in [0.717, 1.165) is 37.1 Å². The fraction of sp³-hybridized carbons (Fsp3) is 0.407. The van der Waals surface area contributed by atoms with Gasteiger partial charge in [-0.3, -0.25) is 4.79 Å². The van der Waals surface area contributed by atoms with Crippen LogP contribution < -0.4 is 25.4 Å². The van der Waals surface area contributed by atoms with Gasteiger partial charge in [0.1, 0.15) is 11.9 Å². The molecule has 0 saturated carbocycles. The van der Waals surface area contributed by atoms with Crippen molar-refractivity contribution in [3.63, 3.8) is 0 Å². The Balaban J connectivity index is 1.36. The van der Waals surface area contributed by atoms with Gasteiger partial charge in [-0.15, -0.1) is 0 Å². The van der Waals surface area contributed by atoms with Crippen molar-refractivity contribution in [3.8, 4) is 22.8 Å². The number of methoxy groups -OCH3 is 2. The number of halogens is 2. The van der Waals surface area contributed by atoms with E-state index in [4.69, 9.17) is 9.47 Å². The Morgan fingerprint density at radius 1 is 1.11 bits per heavy atom. The van der Waals surface area contributed by atoms with Crippen LogP contribution in [0, 0.1) is 0 Å². The number of rotatable bonds is 7. The number of nitrogens with one attached hydrogen (secondary N) is 3. The van der Waals surface area contributed by atoms with Crippen molar-refractivity contribution >= 4 is 11.7 Å². The molecule has 0 spiro atoms. The summed E-state index contributed by atoms with van der Waals surface area (Å²) in [7, 11) is 3.10. The maximum Gasteiger partial charge on any atom is 0.260 e. The largest absolute Gasteiger partial charge is 0.493 e. The second-order valence-corrected chi connectivity index (χ2v) is 9.40. The fourth-order valence-electron chi connectivity index (χ4n) is 5.01. The topological polar surface area (TPSA) is 89.4 Å². The van der Waals surface area contributed by atoms with Crippen molar-refractivity contribution in [2.24, 2.45) is 0 Å². The maximum atomic E-state index is 14.1. The zero-order valence-electron chi connectivity index (χ0n) is 20.8. The third-order valence-corrected chi connectivity index (χ3v) is 7.02. The van der Waals surface area contributed by atoms with Gasteiger partial charge < -0.3 is 25.4 Å². The van der Waals surface area contributed by atoms with Gasteiger partial charge in [-0.05, 0) is 55.6 Å². The first kappa shape index (κ1) is 25.0. The monoisotopic (exact) mass is 511 g/mol. The molecule has 1 amide bonds. The molecule has 0 aliphatic carbocycles. The SMILES string of the molecule is COc1ccc(C2CC(C(F)F)n3nc(-c4ccc(C(=O)N[C@H]5CCCNC5)cc4)cc3N2)cc1OC. The number of carbonyl (C=O) groups excluding carboxylic acids is 1. The highest BCUT2D eigenvalue weighted by atomic mass is 19.3. The smallest absolute Gasteiger partial charge is 0.260 e. The van der Waals surface area contributed by atoms with Crippen LogP contribution in [-0.4, -0.2) is 55.5 Å². The van der Waals surface area contributed by atoms with Crippen LogP contribution in [0.3, 0.4) is 0 Å². The molecule has 0 bridgehead atoms. The second kappa shape index (κ2) is 10.8. The van der Waals surface area contributed by atoms with Crippen LogP contribution in [0.1, 0.15) is 47.3 Å². The molecule has 8 nitrogen and oxygen atoms in total. The maximum absolute atomic E-state index is 14.1. The Kier molecular flexibility index (Phi) is 7.27. The van der Waals surface area contributed by atoms with E-state index in [1.165, 1.54) is 4.68 Å². The summed E-state index contributed by atoms with van der Waals surface area (Å²) in [5.74, 6) is 1.51. The van der Waals surface area contributed by atoms with Gasteiger partial charge in [0.05, 0.1) is 26.0 Å². The van der Waals surface area contributed by atoms with Crippen molar-refractivity contribution in [1.82, 2.24) is 20.4 Å². The highest BCUT2D eigenvalue weighted by molar-refractivity contribution is 5.94. The van der Waals surface area contributed by atoms with Crippen LogP contribution in [0.4, 0.5) is 14.6 Å². The Hall–Kier alpha value is -3.66. The second-order valence-electron chi connectivity index (χ2n) is 9.40. The summed E-state index contributed by atoms with van der Waals surface area (Å²) >= 11 is 0. The molecule has 5 rings (SSSR count). The molecule has 2 aliphatic rings. The summed E-state index contributed by atoms with van der Waals surface area (Å²) in [6.45, 7) is 1.75. The number of nitrogens with zero attached hydrogens (tertiary/aromatic N) is 2. The van der Waals surface area contributed by atoms with Gasteiger partial charge >= 0.3 is 0 Å². The average molecular weight is 512 g/mol. The molecule has 196 valence electrons. The Bertz CT molecular complexity index is 1240. The highest BCUT2D eigenvalue weighted by Gasteiger charge is 2.35. The minimum atomic E-state index is -2.59. The number of hydrogen-bond acceptors (Lipinski definition) is 6. The molecule has 0 radical (unpaired) electrons. The first-order valence-corrected chi connectivity index (χ1v) is 12.4. The minimum absolute atomic E-state index is 0.122. The highest BCUT2D eigenvalue weighted by Crippen LogP contribution is 2.41. The summed E-state index contributed by atoms with van der Waals surface area (Å²) in [6.07, 6.45) is -0.428. The van der Waals surface area contributed by atoms with Crippen LogP contribution >= 0.6 is 0 Å². The van der Waals surface area contributed by atoms with Crippen LogP contribution in [-0.2, 0) is 0 Å². The normalized spacial score (nSPS) is 21.2. The van der Waals surface area contributed by atoms with Gasteiger partial charge in [0.15, 0.2) is 11.5 Å². The standard InChI is InChI=1S/C27H31F2N5O3/c1-36-23-10-9-18(12-24(23)37-2)20-13-22(26(28)29)34-25(32-20)14-21(33-34)16-5-7-17(8-6-16)27(35)31-19-4-3-11-30-15-19/h5-10,12,14,19-20,22,26,30,32H,3-4,11,13,15H2,1-2H3,(H,31,35)/t19-,20?,22?/m0/s1. The third-order valence-electron chi connectivity index (χ3n) is 7.02. The first-order valence-electron chi connectivity index (χ1n) is 12.4. The number of carbonyl (C=O) groups is 1. The molecule has 3 heterocycles. The van der Waals surface area contributed by atoms with Gasteiger partial charge in [0.2, 0.25) is 0 Å². The molecule has 37 heavy (non-hydrogen) atoms. The average Bonchev–Trinajstić information content (AvgIpc) is 3.37. The van der Waals surface area contributed by atoms with Gasteiger partial charge in [0, 0.05) is 29.8 Å². The molecule has 2 unspecified atom stereocenters. The van der Waals surface area contributed by atoms with Crippen molar-refractivity contribution in [2.75, 3.05) is 32.6 Å². The number of alkyl halides is 2. The quantitative estimate of drug-likeness (QED) is 0.436. The lowest BCUT2D eigenvalue weighted by Crippen LogP contribution is -2.45. The minimum Gasteiger partial charge on any atom is -0.493 e. The molecule has 10 heteroatoms. The van der Waals surface area contributed by atoms with Crippen molar-refractivity contribution in [3.05, 3.63) is 59.7 Å². The first-order chi connectivity index (χ1) is 18.0. The molecule has 2 aromatic carbocycles. The molecule has 1 saturated heterocycles. The van der Waals surface area contributed by atoms with E-state index >= 15 is 0 Å². The number of anilines is 1. The van der Waals surface area contributed by atoms with E-state index in [1.807, 2.05) is 6.07 Å². The molecular formula is C27H31F2N5O3. The third kappa shape index (κ3) is 5.24. The zero-order chi connectivity index (χ0) is 25.9. The van der Waals surface area contributed by atoms with Crippen LogP contribution in [0.25, 0.3) is 11.3 Å². The Labute approximate surface area is 214 Å². The predicted molar refractivity (Wildman–Crippen MR) is 137 cm³/mol. The fourth-order valence-corrected chi connectivity index (χ4v) is 5.01. The number of benzene rings is 2. The van der Waals surface area contributed by atoms with E-state index in [9.17, 15) is 13.6 Å². The number of fused-ring (bicyclic) bond motifs is 1. The molecule has 1 fully saturated rings. The Morgan fingerprint density at radius 2 is 1.89 bits per heavy atom. The van der Waals surface area contributed by atoms with Gasteiger partial charge in [0.25, 0.3) is 12.3 Å². The van der Waals surface area contributed by atoms with E-state index < -0.39 is 12.5 Å². The molecule has 3 atom stereocenters. The Morgan fingerprint density at radius 3 is 2.57 bits per heavy atom. The van der Waals surface area contributed by atoms with E-state index in [0.29, 0.717) is 28.6 Å². The van der Waals surface area contributed by atoms with Gasteiger partial charge in [-0.1, -0.05) is 18.2 Å². The molecule has 1 aromatic heterocycles. The molecule has 2 aliphatic heterocycles. The summed E-state index contributed by atoms with van der Waals surface area (Å²) in [6, 6.07) is 13.0. The van der Waals surface area contributed by atoms with Crippen LogP contribution in [0.5, 0.6) is 11.5 Å². The summed E-state index contributed by atoms with van der Waals surface area (Å²) in [5, 5.41) is 14.2.